The first kappa shape index (κ1) is 17.4. The molecule has 0 radical (unpaired) electrons. The summed E-state index contributed by atoms with van der Waals surface area (Å²) in [5.41, 5.74) is 1.24. The Hall–Kier alpha value is -1.46. The predicted molar refractivity (Wildman–Crippen MR) is 93.5 cm³/mol. The molecule has 2 aliphatic rings. The molecule has 2 fully saturated rings. The van der Waals surface area contributed by atoms with Gasteiger partial charge in [-0.2, -0.15) is 0 Å². The highest BCUT2D eigenvalue weighted by Gasteiger charge is 2.33. The fraction of sp³-hybridized carbons (Fsp3) is 0.684. The van der Waals surface area contributed by atoms with Gasteiger partial charge in [-0.15, -0.1) is 0 Å². The minimum Gasteiger partial charge on any atom is -0.375 e. The highest BCUT2D eigenvalue weighted by molar-refractivity contribution is 5.75. The van der Waals surface area contributed by atoms with Crippen LogP contribution in [0, 0.1) is 5.92 Å². The Bertz CT molecular complexity index is 537. The van der Waals surface area contributed by atoms with Gasteiger partial charge in [0, 0.05) is 31.4 Å². The topological polar surface area (TPSA) is 54.5 Å². The van der Waals surface area contributed by atoms with Gasteiger partial charge in [0.25, 0.3) is 0 Å². The summed E-state index contributed by atoms with van der Waals surface area (Å²) in [6, 6.07) is 4.46. The van der Waals surface area contributed by atoms with Gasteiger partial charge in [0.2, 0.25) is 5.91 Å². The van der Waals surface area contributed by atoms with Crippen molar-refractivity contribution in [3.8, 4) is 0 Å². The van der Waals surface area contributed by atoms with Gasteiger partial charge in [-0.05, 0) is 63.7 Å². The third kappa shape index (κ3) is 4.33. The molecule has 2 aliphatic heterocycles. The van der Waals surface area contributed by atoms with E-state index in [1.54, 1.807) is 6.20 Å². The Labute approximate surface area is 144 Å². The van der Waals surface area contributed by atoms with Crippen LogP contribution in [-0.2, 0) is 9.53 Å². The standard InChI is InChI=1S/C19H29N3O2/c1-14-5-6-17(24-14)7-8-18(23)21-13-16-9-11-22(2)19(16)15-4-3-10-20-12-15/h3-4,10,12,14,16-17,19H,5-9,11,13H2,1-2H3,(H,21,23)/t14-,16-,17+,19-/m0/s1. The molecule has 0 spiro atoms. The van der Waals surface area contributed by atoms with E-state index in [4.69, 9.17) is 4.74 Å². The number of carbonyl (C=O) groups excluding carboxylic acids is 1. The van der Waals surface area contributed by atoms with Crippen LogP contribution in [0.25, 0.3) is 0 Å². The lowest BCUT2D eigenvalue weighted by molar-refractivity contribution is -0.122. The van der Waals surface area contributed by atoms with Gasteiger partial charge in [-0.1, -0.05) is 6.07 Å². The monoisotopic (exact) mass is 331 g/mol. The molecule has 0 aliphatic carbocycles. The van der Waals surface area contributed by atoms with Crippen molar-refractivity contribution in [2.24, 2.45) is 5.92 Å². The maximum atomic E-state index is 12.2. The number of nitrogens with zero attached hydrogens (tertiary/aromatic N) is 2. The van der Waals surface area contributed by atoms with Crippen molar-refractivity contribution in [3.63, 3.8) is 0 Å². The molecule has 24 heavy (non-hydrogen) atoms. The van der Waals surface area contributed by atoms with E-state index < -0.39 is 0 Å². The summed E-state index contributed by atoms with van der Waals surface area (Å²) in [4.78, 5) is 18.8. The maximum absolute atomic E-state index is 12.2. The number of pyridine rings is 1. The molecule has 2 saturated heterocycles. The van der Waals surface area contributed by atoms with Crippen LogP contribution in [0.1, 0.15) is 50.6 Å². The zero-order chi connectivity index (χ0) is 16.9. The number of hydrogen-bond donors (Lipinski definition) is 1. The SMILES string of the molecule is C[C@H]1CC[C@H](CCC(=O)NC[C@@H]2CCN(C)[C@H]2c2cccnc2)O1. The number of amides is 1. The summed E-state index contributed by atoms with van der Waals surface area (Å²) >= 11 is 0. The maximum Gasteiger partial charge on any atom is 0.220 e. The molecule has 5 heteroatoms. The van der Waals surface area contributed by atoms with E-state index in [9.17, 15) is 4.79 Å². The lowest BCUT2D eigenvalue weighted by atomic mass is 9.94. The smallest absolute Gasteiger partial charge is 0.220 e. The van der Waals surface area contributed by atoms with Crippen LogP contribution in [0.2, 0.25) is 0 Å². The van der Waals surface area contributed by atoms with E-state index in [0.717, 1.165) is 38.8 Å². The van der Waals surface area contributed by atoms with Gasteiger partial charge in [0.15, 0.2) is 0 Å². The van der Waals surface area contributed by atoms with Crippen LogP contribution < -0.4 is 5.32 Å². The quantitative estimate of drug-likeness (QED) is 0.870. The molecule has 3 rings (SSSR count). The van der Waals surface area contributed by atoms with Crippen molar-refractivity contribution in [1.82, 2.24) is 15.2 Å². The Kier molecular flexibility index (Phi) is 5.85. The minimum atomic E-state index is 0.151. The average molecular weight is 331 g/mol. The summed E-state index contributed by atoms with van der Waals surface area (Å²) in [6.07, 6.45) is 9.10. The number of aromatic nitrogens is 1. The zero-order valence-corrected chi connectivity index (χ0v) is 14.8. The first-order chi connectivity index (χ1) is 11.6. The Balaban J connectivity index is 1.46. The summed E-state index contributed by atoms with van der Waals surface area (Å²) in [5.74, 6) is 0.601. The van der Waals surface area contributed by atoms with Crippen molar-refractivity contribution in [3.05, 3.63) is 30.1 Å². The summed E-state index contributed by atoms with van der Waals surface area (Å²) < 4.78 is 5.78. The Morgan fingerprint density at radius 1 is 1.42 bits per heavy atom. The van der Waals surface area contributed by atoms with Crippen molar-refractivity contribution in [1.29, 1.82) is 0 Å². The van der Waals surface area contributed by atoms with E-state index in [0.29, 0.717) is 24.5 Å². The third-order valence-corrected chi connectivity index (χ3v) is 5.37. The lowest BCUT2D eigenvalue weighted by Crippen LogP contribution is -2.32. The first-order valence-electron chi connectivity index (χ1n) is 9.16. The third-order valence-electron chi connectivity index (χ3n) is 5.37. The number of rotatable bonds is 6. The molecular formula is C19H29N3O2. The summed E-state index contributed by atoms with van der Waals surface area (Å²) in [6.45, 7) is 3.91. The van der Waals surface area contributed by atoms with E-state index >= 15 is 0 Å². The molecule has 1 aromatic heterocycles. The molecule has 3 heterocycles. The van der Waals surface area contributed by atoms with Gasteiger partial charge >= 0.3 is 0 Å². The van der Waals surface area contributed by atoms with Crippen LogP contribution in [0.5, 0.6) is 0 Å². The second-order valence-corrected chi connectivity index (χ2v) is 7.25. The summed E-state index contributed by atoms with van der Waals surface area (Å²) in [7, 11) is 2.15. The molecule has 5 nitrogen and oxygen atoms in total. The molecule has 0 aromatic carbocycles. The number of likely N-dealkylation sites (tertiary alicyclic amines) is 1. The van der Waals surface area contributed by atoms with E-state index in [1.165, 1.54) is 5.56 Å². The largest absolute Gasteiger partial charge is 0.375 e. The van der Waals surface area contributed by atoms with Crippen LogP contribution in [-0.4, -0.2) is 48.1 Å². The van der Waals surface area contributed by atoms with Gasteiger partial charge < -0.3 is 10.1 Å². The molecular weight excluding hydrogens is 302 g/mol. The van der Waals surface area contributed by atoms with E-state index in [1.807, 2.05) is 12.3 Å². The second-order valence-electron chi connectivity index (χ2n) is 7.25. The van der Waals surface area contributed by atoms with Crippen molar-refractivity contribution >= 4 is 5.91 Å². The molecule has 1 aromatic rings. The van der Waals surface area contributed by atoms with Crippen LogP contribution in [0.3, 0.4) is 0 Å². The van der Waals surface area contributed by atoms with Gasteiger partial charge in [0.1, 0.15) is 0 Å². The number of hydrogen-bond acceptors (Lipinski definition) is 4. The number of carbonyl (C=O) groups is 1. The number of nitrogens with one attached hydrogen (secondary N) is 1. The molecule has 0 unspecified atom stereocenters. The zero-order valence-electron chi connectivity index (χ0n) is 14.8. The van der Waals surface area contributed by atoms with Crippen LogP contribution >= 0.6 is 0 Å². The highest BCUT2D eigenvalue weighted by Crippen LogP contribution is 2.35. The normalized spacial score (nSPS) is 30.6. The van der Waals surface area contributed by atoms with Gasteiger partial charge in [0.05, 0.1) is 12.2 Å². The molecule has 1 amide bonds. The number of ether oxygens (including phenoxy) is 1. The molecule has 0 bridgehead atoms. The van der Waals surface area contributed by atoms with E-state index in [-0.39, 0.29) is 12.0 Å². The van der Waals surface area contributed by atoms with Crippen molar-refractivity contribution < 1.29 is 9.53 Å². The molecule has 4 atom stereocenters. The molecule has 1 N–H and O–H groups in total. The van der Waals surface area contributed by atoms with Gasteiger partial charge in [-0.3, -0.25) is 14.7 Å². The molecule has 132 valence electrons. The minimum absolute atomic E-state index is 0.151. The predicted octanol–water partition coefficient (Wildman–Crippen LogP) is 2.54. The molecule has 0 saturated carbocycles. The van der Waals surface area contributed by atoms with Crippen molar-refractivity contribution in [2.75, 3.05) is 20.1 Å². The van der Waals surface area contributed by atoms with Gasteiger partial charge in [-0.25, -0.2) is 0 Å². The lowest BCUT2D eigenvalue weighted by Gasteiger charge is -2.25. The van der Waals surface area contributed by atoms with Crippen LogP contribution in [0.15, 0.2) is 24.5 Å². The highest BCUT2D eigenvalue weighted by atomic mass is 16.5. The summed E-state index contributed by atoms with van der Waals surface area (Å²) in [5, 5.41) is 3.14. The Morgan fingerprint density at radius 2 is 2.29 bits per heavy atom. The average Bonchev–Trinajstić information content (AvgIpc) is 3.17. The van der Waals surface area contributed by atoms with Crippen molar-refractivity contribution in [2.45, 2.75) is 57.3 Å². The first-order valence-corrected chi connectivity index (χ1v) is 9.16. The second kappa shape index (κ2) is 8.08. The fourth-order valence-corrected chi connectivity index (χ4v) is 4.04. The Morgan fingerprint density at radius 3 is 3.00 bits per heavy atom. The van der Waals surface area contributed by atoms with E-state index in [2.05, 4.69) is 35.2 Å². The fourth-order valence-electron chi connectivity index (χ4n) is 4.04. The van der Waals surface area contributed by atoms with Crippen LogP contribution in [0.4, 0.5) is 0 Å².